The van der Waals surface area contributed by atoms with Gasteiger partial charge in [-0.2, -0.15) is 0 Å². The van der Waals surface area contributed by atoms with Crippen LogP contribution in [0, 0.1) is 6.92 Å². The van der Waals surface area contributed by atoms with Gasteiger partial charge in [-0.05, 0) is 36.2 Å². The molecule has 0 bridgehead atoms. The number of carboxylic acids is 1. The molecule has 1 atom stereocenters. The summed E-state index contributed by atoms with van der Waals surface area (Å²) in [5, 5.41) is 9.44. The summed E-state index contributed by atoms with van der Waals surface area (Å²) in [7, 11) is 3.10. The molecule has 0 aliphatic rings. The van der Waals surface area contributed by atoms with Crippen molar-refractivity contribution in [2.75, 3.05) is 14.2 Å². The highest BCUT2D eigenvalue weighted by Gasteiger charge is 2.22. The first-order valence-corrected chi connectivity index (χ1v) is 7.20. The first-order chi connectivity index (χ1) is 11.0. The molecule has 23 heavy (non-hydrogen) atoms. The van der Waals surface area contributed by atoms with E-state index in [-0.39, 0.29) is 6.42 Å². The van der Waals surface area contributed by atoms with Crippen molar-refractivity contribution in [3.63, 3.8) is 0 Å². The normalized spacial score (nSPS) is 11.6. The highest BCUT2D eigenvalue weighted by molar-refractivity contribution is 5.73. The van der Waals surface area contributed by atoms with Crippen molar-refractivity contribution in [2.45, 2.75) is 19.4 Å². The largest absolute Gasteiger partial charge is 0.497 e. The molecular formula is C18H20O5. The summed E-state index contributed by atoms with van der Waals surface area (Å²) in [5.41, 5.74) is 1.75. The van der Waals surface area contributed by atoms with Gasteiger partial charge in [0, 0.05) is 12.5 Å². The van der Waals surface area contributed by atoms with Gasteiger partial charge in [-0.25, -0.2) is 4.79 Å². The molecule has 0 radical (unpaired) electrons. The van der Waals surface area contributed by atoms with Crippen molar-refractivity contribution in [2.24, 2.45) is 0 Å². The number of hydrogen-bond acceptors (Lipinski definition) is 4. The molecule has 0 saturated heterocycles. The quantitative estimate of drug-likeness (QED) is 0.850. The minimum Gasteiger partial charge on any atom is -0.497 e. The Morgan fingerprint density at radius 1 is 1.09 bits per heavy atom. The molecular weight excluding hydrogens is 296 g/mol. The molecule has 1 N–H and O–H groups in total. The molecule has 0 saturated carbocycles. The zero-order chi connectivity index (χ0) is 16.8. The fraction of sp³-hybridized carbons (Fsp3) is 0.278. The van der Waals surface area contributed by atoms with Crippen molar-refractivity contribution < 1.29 is 24.1 Å². The smallest absolute Gasteiger partial charge is 0.345 e. The van der Waals surface area contributed by atoms with E-state index in [4.69, 9.17) is 14.2 Å². The van der Waals surface area contributed by atoms with E-state index in [2.05, 4.69) is 0 Å². The molecule has 0 fully saturated rings. The van der Waals surface area contributed by atoms with Crippen LogP contribution in [-0.2, 0) is 11.2 Å². The first-order valence-electron chi connectivity index (χ1n) is 7.20. The number of rotatable bonds is 7. The number of carbonyl (C=O) groups is 1. The lowest BCUT2D eigenvalue weighted by Crippen LogP contribution is -2.29. The van der Waals surface area contributed by atoms with Crippen LogP contribution in [0.5, 0.6) is 17.2 Å². The standard InChI is InChI=1S/C18H20O5/c1-12-5-4-6-15(9-12)23-17(18(19)20)10-13-7-8-14(21-2)11-16(13)22-3/h4-9,11,17H,10H2,1-3H3,(H,19,20)/t17-/m0/s1. The Labute approximate surface area is 135 Å². The van der Waals surface area contributed by atoms with E-state index in [0.717, 1.165) is 11.1 Å². The minimum absolute atomic E-state index is 0.191. The molecule has 0 aromatic heterocycles. The maximum atomic E-state index is 11.5. The monoisotopic (exact) mass is 316 g/mol. The molecule has 0 amide bonds. The highest BCUT2D eigenvalue weighted by atomic mass is 16.5. The predicted octanol–water partition coefficient (Wildman–Crippen LogP) is 3.09. The number of aryl methyl sites for hydroxylation is 1. The number of ether oxygens (including phenoxy) is 3. The third kappa shape index (κ3) is 4.39. The number of hydrogen-bond donors (Lipinski definition) is 1. The topological polar surface area (TPSA) is 65.0 Å². The average Bonchev–Trinajstić information content (AvgIpc) is 2.54. The SMILES string of the molecule is COc1ccc(C[C@H](Oc2cccc(C)c2)C(=O)O)c(OC)c1. The van der Waals surface area contributed by atoms with Crippen LogP contribution in [0.1, 0.15) is 11.1 Å². The van der Waals surface area contributed by atoms with Crippen molar-refractivity contribution in [3.05, 3.63) is 53.6 Å². The van der Waals surface area contributed by atoms with Crippen LogP contribution in [0.4, 0.5) is 0 Å². The molecule has 5 heteroatoms. The number of methoxy groups -OCH3 is 2. The van der Waals surface area contributed by atoms with E-state index < -0.39 is 12.1 Å². The van der Waals surface area contributed by atoms with Crippen LogP contribution in [0.25, 0.3) is 0 Å². The third-order valence-corrected chi connectivity index (χ3v) is 3.44. The minimum atomic E-state index is -1.02. The zero-order valence-corrected chi connectivity index (χ0v) is 13.4. The maximum Gasteiger partial charge on any atom is 0.345 e. The van der Waals surface area contributed by atoms with Crippen LogP contribution in [-0.4, -0.2) is 31.4 Å². The van der Waals surface area contributed by atoms with Crippen LogP contribution < -0.4 is 14.2 Å². The molecule has 5 nitrogen and oxygen atoms in total. The van der Waals surface area contributed by atoms with E-state index in [1.807, 2.05) is 19.1 Å². The fourth-order valence-corrected chi connectivity index (χ4v) is 2.25. The second-order valence-corrected chi connectivity index (χ2v) is 5.14. The summed E-state index contributed by atoms with van der Waals surface area (Å²) in [6, 6.07) is 12.6. The van der Waals surface area contributed by atoms with Crippen LogP contribution >= 0.6 is 0 Å². The highest BCUT2D eigenvalue weighted by Crippen LogP contribution is 2.26. The summed E-state index contributed by atoms with van der Waals surface area (Å²) in [5.74, 6) is 0.731. The Bertz CT molecular complexity index is 681. The molecule has 2 aromatic rings. The van der Waals surface area contributed by atoms with Crippen molar-refractivity contribution in [1.29, 1.82) is 0 Å². The molecule has 0 heterocycles. The predicted molar refractivity (Wildman–Crippen MR) is 86.5 cm³/mol. The summed E-state index contributed by atoms with van der Waals surface area (Å²) in [6.45, 7) is 1.93. The third-order valence-electron chi connectivity index (χ3n) is 3.44. The van der Waals surface area contributed by atoms with Gasteiger partial charge in [-0.3, -0.25) is 0 Å². The Balaban J connectivity index is 2.21. The van der Waals surface area contributed by atoms with Gasteiger partial charge < -0.3 is 19.3 Å². The number of benzene rings is 2. The van der Waals surface area contributed by atoms with Gasteiger partial charge in [0.15, 0.2) is 6.10 Å². The van der Waals surface area contributed by atoms with Gasteiger partial charge in [0.05, 0.1) is 14.2 Å². The molecule has 2 rings (SSSR count). The van der Waals surface area contributed by atoms with Crippen LogP contribution in [0.3, 0.4) is 0 Å². The van der Waals surface area contributed by atoms with E-state index >= 15 is 0 Å². The van der Waals surface area contributed by atoms with Crippen molar-refractivity contribution in [3.8, 4) is 17.2 Å². The Hall–Kier alpha value is -2.69. The number of carboxylic acid groups (broad SMARTS) is 1. The lowest BCUT2D eigenvalue weighted by atomic mass is 10.1. The number of aliphatic carboxylic acids is 1. The lowest BCUT2D eigenvalue weighted by Gasteiger charge is -2.17. The lowest BCUT2D eigenvalue weighted by molar-refractivity contribution is -0.145. The molecule has 2 aromatic carbocycles. The van der Waals surface area contributed by atoms with E-state index in [1.165, 1.54) is 7.11 Å². The van der Waals surface area contributed by atoms with Crippen molar-refractivity contribution in [1.82, 2.24) is 0 Å². The second kappa shape index (κ2) is 7.54. The van der Waals surface area contributed by atoms with Crippen molar-refractivity contribution >= 4 is 5.97 Å². The maximum absolute atomic E-state index is 11.5. The molecule has 0 aliphatic heterocycles. The Kier molecular flexibility index (Phi) is 5.46. The summed E-state index contributed by atoms with van der Waals surface area (Å²) in [6.07, 6.45) is -0.810. The summed E-state index contributed by atoms with van der Waals surface area (Å²) < 4.78 is 16.1. The van der Waals surface area contributed by atoms with Gasteiger partial charge in [-0.15, -0.1) is 0 Å². The average molecular weight is 316 g/mol. The van der Waals surface area contributed by atoms with E-state index in [9.17, 15) is 9.90 Å². The van der Waals surface area contributed by atoms with Crippen LogP contribution in [0.15, 0.2) is 42.5 Å². The van der Waals surface area contributed by atoms with Gasteiger partial charge in [-0.1, -0.05) is 18.2 Å². The van der Waals surface area contributed by atoms with Crippen LogP contribution in [0.2, 0.25) is 0 Å². The fourth-order valence-electron chi connectivity index (χ4n) is 2.25. The molecule has 122 valence electrons. The van der Waals surface area contributed by atoms with E-state index in [1.54, 1.807) is 37.4 Å². The van der Waals surface area contributed by atoms with Gasteiger partial charge in [0.2, 0.25) is 0 Å². The second-order valence-electron chi connectivity index (χ2n) is 5.14. The summed E-state index contributed by atoms with van der Waals surface area (Å²) in [4.78, 5) is 11.5. The first kappa shape index (κ1) is 16.7. The molecule has 0 aliphatic carbocycles. The van der Waals surface area contributed by atoms with Gasteiger partial charge in [0.1, 0.15) is 17.2 Å². The van der Waals surface area contributed by atoms with E-state index in [0.29, 0.717) is 17.2 Å². The van der Waals surface area contributed by atoms with Gasteiger partial charge in [0.25, 0.3) is 0 Å². The Morgan fingerprint density at radius 3 is 2.48 bits per heavy atom. The molecule has 0 spiro atoms. The Morgan fingerprint density at radius 2 is 1.87 bits per heavy atom. The summed E-state index contributed by atoms with van der Waals surface area (Å²) >= 11 is 0. The van der Waals surface area contributed by atoms with Gasteiger partial charge >= 0.3 is 5.97 Å². The zero-order valence-electron chi connectivity index (χ0n) is 13.4. The molecule has 0 unspecified atom stereocenters.